The lowest BCUT2D eigenvalue weighted by molar-refractivity contribution is -0.277. The summed E-state index contributed by atoms with van der Waals surface area (Å²) in [4.78, 5) is 24.2. The number of hydrogen-bond acceptors (Lipinski definition) is 7. The van der Waals surface area contributed by atoms with Crippen LogP contribution in [-0.4, -0.2) is 44.8 Å². The predicted octanol–water partition coefficient (Wildman–Crippen LogP) is -0.758. The standard InChI is InChI=1S/C17H25N3O6/c1-5-8-17(23,24)26-11-6-7-12(10(2)9-11)14(21)19-13(15(22)20-25)16(3,4)18/h6-7,10,13,23-25H,9,18H2,1-4H3,(H,19,21)(H,20,22). The Balaban J connectivity index is 2.95. The Morgan fingerprint density at radius 3 is 2.46 bits per heavy atom. The summed E-state index contributed by atoms with van der Waals surface area (Å²) in [6.07, 6.45) is 3.09. The fraction of sp³-hybridized carbons (Fsp3) is 0.529. The molecule has 0 aliphatic heterocycles. The number of aliphatic hydroxyl groups is 2. The van der Waals surface area contributed by atoms with E-state index in [9.17, 15) is 19.8 Å². The molecule has 0 saturated carbocycles. The highest BCUT2D eigenvalue weighted by Crippen LogP contribution is 2.28. The number of amides is 2. The molecule has 1 rings (SSSR count). The average Bonchev–Trinajstić information content (AvgIpc) is 2.50. The van der Waals surface area contributed by atoms with Crippen LogP contribution in [0.25, 0.3) is 0 Å². The molecule has 0 spiro atoms. The molecule has 0 radical (unpaired) electrons. The van der Waals surface area contributed by atoms with Crippen LogP contribution in [0.15, 0.2) is 23.5 Å². The molecule has 2 unspecified atom stereocenters. The Hall–Kier alpha value is -2.38. The summed E-state index contributed by atoms with van der Waals surface area (Å²) < 4.78 is 5.01. The van der Waals surface area contributed by atoms with Gasteiger partial charge in [-0.1, -0.05) is 12.8 Å². The van der Waals surface area contributed by atoms with Crippen molar-refractivity contribution in [2.24, 2.45) is 11.7 Å². The van der Waals surface area contributed by atoms with Gasteiger partial charge in [-0.3, -0.25) is 14.8 Å². The predicted molar refractivity (Wildman–Crippen MR) is 91.8 cm³/mol. The number of carbonyl (C=O) groups is 2. The number of carbonyl (C=O) groups excluding carboxylic acids is 2. The van der Waals surface area contributed by atoms with Gasteiger partial charge in [0.1, 0.15) is 11.8 Å². The van der Waals surface area contributed by atoms with Crippen LogP contribution >= 0.6 is 0 Å². The van der Waals surface area contributed by atoms with Crippen molar-refractivity contribution in [1.82, 2.24) is 10.8 Å². The van der Waals surface area contributed by atoms with E-state index >= 15 is 0 Å². The van der Waals surface area contributed by atoms with Crippen LogP contribution in [0.4, 0.5) is 0 Å². The van der Waals surface area contributed by atoms with Crippen molar-refractivity contribution in [3.63, 3.8) is 0 Å². The summed E-state index contributed by atoms with van der Waals surface area (Å²) in [6, 6.07) is -1.16. The molecule has 9 nitrogen and oxygen atoms in total. The Morgan fingerprint density at radius 2 is 2.00 bits per heavy atom. The fourth-order valence-corrected chi connectivity index (χ4v) is 2.44. The molecule has 1 aliphatic carbocycles. The summed E-state index contributed by atoms with van der Waals surface area (Å²) in [5.74, 6) is 0.359. The molecule has 2 atom stereocenters. The van der Waals surface area contributed by atoms with E-state index in [-0.39, 0.29) is 18.1 Å². The minimum Gasteiger partial charge on any atom is -0.434 e. The van der Waals surface area contributed by atoms with Crippen LogP contribution in [0.3, 0.4) is 0 Å². The first-order valence-electron chi connectivity index (χ1n) is 7.93. The number of nitrogens with one attached hydrogen (secondary N) is 2. The first-order valence-corrected chi connectivity index (χ1v) is 7.93. The second-order valence-corrected chi connectivity index (χ2v) is 6.65. The van der Waals surface area contributed by atoms with Gasteiger partial charge in [-0.15, -0.1) is 0 Å². The third kappa shape index (κ3) is 5.86. The normalized spacial score (nSPS) is 18.5. The zero-order chi connectivity index (χ0) is 20.1. The molecule has 7 N–H and O–H groups in total. The minimum absolute atomic E-state index is 0.219. The van der Waals surface area contributed by atoms with Gasteiger partial charge in [-0.05, 0) is 38.8 Å². The van der Waals surface area contributed by atoms with Crippen LogP contribution in [0, 0.1) is 17.8 Å². The molecule has 0 bridgehead atoms. The summed E-state index contributed by atoms with van der Waals surface area (Å²) in [5, 5.41) is 30.4. The van der Waals surface area contributed by atoms with Gasteiger partial charge in [0.25, 0.3) is 5.91 Å². The number of rotatable bonds is 6. The zero-order valence-corrected chi connectivity index (χ0v) is 15.2. The molecule has 2 amide bonds. The van der Waals surface area contributed by atoms with E-state index < -0.39 is 29.4 Å². The highest BCUT2D eigenvalue weighted by Gasteiger charge is 2.35. The van der Waals surface area contributed by atoms with E-state index in [4.69, 9.17) is 15.7 Å². The van der Waals surface area contributed by atoms with Crippen molar-refractivity contribution in [2.75, 3.05) is 0 Å². The Labute approximate surface area is 151 Å². The first kappa shape index (κ1) is 21.7. The van der Waals surface area contributed by atoms with E-state index in [0.29, 0.717) is 5.57 Å². The number of nitrogens with two attached hydrogens (primary N) is 1. The van der Waals surface area contributed by atoms with E-state index in [1.807, 2.05) is 0 Å². The van der Waals surface area contributed by atoms with Gasteiger partial charge < -0.3 is 26.0 Å². The van der Waals surface area contributed by atoms with Gasteiger partial charge in [-0.25, -0.2) is 5.48 Å². The topological polar surface area (TPSA) is 154 Å². The Bertz CT molecular complexity index is 679. The van der Waals surface area contributed by atoms with Crippen LogP contribution in [0.1, 0.15) is 34.1 Å². The zero-order valence-electron chi connectivity index (χ0n) is 15.2. The monoisotopic (exact) mass is 367 g/mol. The number of ether oxygens (including phenoxy) is 1. The molecule has 144 valence electrons. The maximum Gasteiger partial charge on any atom is 0.392 e. The van der Waals surface area contributed by atoms with Crippen molar-refractivity contribution in [3.05, 3.63) is 23.5 Å². The van der Waals surface area contributed by atoms with E-state index in [1.165, 1.54) is 38.4 Å². The quantitative estimate of drug-likeness (QED) is 0.156. The fourth-order valence-electron chi connectivity index (χ4n) is 2.44. The Kier molecular flexibility index (Phi) is 6.94. The highest BCUT2D eigenvalue weighted by molar-refractivity contribution is 5.98. The van der Waals surface area contributed by atoms with E-state index in [1.54, 1.807) is 6.92 Å². The maximum atomic E-state index is 12.5. The van der Waals surface area contributed by atoms with Crippen molar-refractivity contribution < 1.29 is 29.7 Å². The van der Waals surface area contributed by atoms with Gasteiger partial charge in [-0.2, -0.15) is 0 Å². The van der Waals surface area contributed by atoms with Gasteiger partial charge >= 0.3 is 5.97 Å². The molecule has 0 fully saturated rings. The largest absolute Gasteiger partial charge is 0.434 e. The molecule has 0 aromatic rings. The second-order valence-electron chi connectivity index (χ2n) is 6.65. The maximum absolute atomic E-state index is 12.5. The van der Waals surface area contributed by atoms with Gasteiger partial charge in [0, 0.05) is 23.5 Å². The second kappa shape index (κ2) is 8.33. The smallest absolute Gasteiger partial charge is 0.392 e. The molecule has 0 heterocycles. The molecular weight excluding hydrogens is 342 g/mol. The van der Waals surface area contributed by atoms with E-state index in [2.05, 4.69) is 17.2 Å². The van der Waals surface area contributed by atoms with Gasteiger partial charge in [0.15, 0.2) is 0 Å². The third-order valence-electron chi connectivity index (χ3n) is 3.70. The highest BCUT2D eigenvalue weighted by atomic mass is 16.8. The Morgan fingerprint density at radius 1 is 1.38 bits per heavy atom. The minimum atomic E-state index is -2.61. The molecule has 0 aromatic carbocycles. The number of hydroxylamine groups is 1. The molecular formula is C17H25N3O6. The van der Waals surface area contributed by atoms with Crippen LogP contribution in [0.5, 0.6) is 0 Å². The molecule has 0 aromatic heterocycles. The SMILES string of the molecule is CC#CC(O)(O)OC1=CC=C(C(=O)NC(C(=O)NO)C(C)(C)N)C(C)C1. The molecule has 26 heavy (non-hydrogen) atoms. The lowest BCUT2D eigenvalue weighted by Gasteiger charge is -2.31. The molecule has 9 heteroatoms. The summed E-state index contributed by atoms with van der Waals surface area (Å²) in [7, 11) is 0. The summed E-state index contributed by atoms with van der Waals surface area (Å²) >= 11 is 0. The van der Waals surface area contributed by atoms with E-state index in [0.717, 1.165) is 0 Å². The van der Waals surface area contributed by atoms with Crippen LogP contribution in [-0.2, 0) is 14.3 Å². The van der Waals surface area contributed by atoms with Crippen molar-refractivity contribution in [2.45, 2.75) is 51.7 Å². The summed E-state index contributed by atoms with van der Waals surface area (Å²) in [5.41, 5.74) is 6.60. The third-order valence-corrected chi connectivity index (χ3v) is 3.70. The lowest BCUT2D eigenvalue weighted by atomic mass is 9.90. The number of hydrogen-bond donors (Lipinski definition) is 6. The first-order chi connectivity index (χ1) is 11.9. The molecule has 0 saturated heterocycles. The summed E-state index contributed by atoms with van der Waals surface area (Å²) in [6.45, 7) is 6.24. The van der Waals surface area contributed by atoms with Crippen molar-refractivity contribution in [3.8, 4) is 11.8 Å². The van der Waals surface area contributed by atoms with Crippen LogP contribution in [0.2, 0.25) is 0 Å². The molecule has 1 aliphatic rings. The average molecular weight is 367 g/mol. The van der Waals surface area contributed by atoms with Crippen LogP contribution < -0.4 is 16.5 Å². The van der Waals surface area contributed by atoms with Crippen molar-refractivity contribution in [1.29, 1.82) is 0 Å². The number of allylic oxidation sites excluding steroid dienone is 3. The van der Waals surface area contributed by atoms with Gasteiger partial charge in [0.05, 0.1) is 0 Å². The van der Waals surface area contributed by atoms with Crippen molar-refractivity contribution >= 4 is 11.8 Å². The lowest BCUT2D eigenvalue weighted by Crippen LogP contribution is -2.61. The van der Waals surface area contributed by atoms with Gasteiger partial charge in [0.2, 0.25) is 5.91 Å².